The number of benzene rings is 1. The quantitative estimate of drug-likeness (QED) is 0.730. The molecule has 1 saturated heterocycles. The first-order valence-electron chi connectivity index (χ1n) is 11.2. The van der Waals surface area contributed by atoms with Crippen molar-refractivity contribution in [2.45, 2.75) is 44.9 Å². The van der Waals surface area contributed by atoms with Gasteiger partial charge in [0.25, 0.3) is 5.91 Å². The molecule has 1 N–H and O–H groups in total. The van der Waals surface area contributed by atoms with Crippen LogP contribution in [0.2, 0.25) is 0 Å². The van der Waals surface area contributed by atoms with Crippen LogP contribution < -0.4 is 5.32 Å². The molecule has 2 heterocycles. The number of hydrogen-bond donors (Lipinski definition) is 1. The Morgan fingerprint density at radius 1 is 1.00 bits per heavy atom. The Labute approximate surface area is 178 Å². The molecule has 1 aromatic heterocycles. The average Bonchev–Trinajstić information content (AvgIpc) is 3.50. The zero-order valence-corrected chi connectivity index (χ0v) is 17.8. The van der Waals surface area contributed by atoms with Gasteiger partial charge in [0.1, 0.15) is 5.69 Å². The first-order valence-corrected chi connectivity index (χ1v) is 11.2. The third-order valence-electron chi connectivity index (χ3n) is 6.41. The molecule has 2 fully saturated rings. The molecular weight excluding hydrogens is 376 g/mol. The molecule has 1 aliphatic carbocycles. The SMILES string of the molecule is Cn1nccc1C(=O)N1CCC(Cc2ccc(CCC(=O)NCC3CC3)cc2)CC1. The van der Waals surface area contributed by atoms with E-state index in [4.69, 9.17) is 0 Å². The van der Waals surface area contributed by atoms with Gasteiger partial charge in [-0.25, -0.2) is 0 Å². The number of hydrogen-bond acceptors (Lipinski definition) is 3. The van der Waals surface area contributed by atoms with Crippen LogP contribution in [0.25, 0.3) is 0 Å². The molecule has 6 nitrogen and oxygen atoms in total. The summed E-state index contributed by atoms with van der Waals surface area (Å²) < 4.78 is 1.65. The summed E-state index contributed by atoms with van der Waals surface area (Å²) in [5.41, 5.74) is 3.22. The minimum atomic E-state index is 0.0824. The highest BCUT2D eigenvalue weighted by molar-refractivity contribution is 5.92. The van der Waals surface area contributed by atoms with E-state index in [0.717, 1.165) is 51.2 Å². The Bertz CT molecular complexity index is 862. The molecule has 6 heteroatoms. The number of nitrogens with zero attached hydrogens (tertiary/aromatic N) is 3. The van der Waals surface area contributed by atoms with Crippen molar-refractivity contribution in [1.82, 2.24) is 20.0 Å². The lowest BCUT2D eigenvalue weighted by atomic mass is 9.89. The van der Waals surface area contributed by atoms with Gasteiger partial charge in [-0.05, 0) is 67.6 Å². The van der Waals surface area contributed by atoms with Crippen molar-refractivity contribution < 1.29 is 9.59 Å². The molecule has 1 aliphatic heterocycles. The second-order valence-electron chi connectivity index (χ2n) is 8.84. The Morgan fingerprint density at radius 3 is 2.33 bits per heavy atom. The van der Waals surface area contributed by atoms with Gasteiger partial charge >= 0.3 is 0 Å². The highest BCUT2D eigenvalue weighted by atomic mass is 16.2. The summed E-state index contributed by atoms with van der Waals surface area (Å²) in [5.74, 6) is 1.59. The molecule has 0 bridgehead atoms. The van der Waals surface area contributed by atoms with Crippen molar-refractivity contribution in [2.75, 3.05) is 19.6 Å². The highest BCUT2D eigenvalue weighted by Crippen LogP contribution is 2.27. The van der Waals surface area contributed by atoms with Crippen molar-refractivity contribution in [3.63, 3.8) is 0 Å². The first-order chi connectivity index (χ1) is 14.6. The third-order valence-corrected chi connectivity index (χ3v) is 6.41. The van der Waals surface area contributed by atoms with E-state index >= 15 is 0 Å². The standard InChI is InChI=1S/C24H32N4O2/c1-27-22(10-13-26-27)24(30)28-14-11-20(12-15-28)16-19-4-2-18(3-5-19)8-9-23(29)25-17-21-6-7-21/h2-5,10,13,20-21H,6-9,11-12,14-17H2,1H3,(H,25,29). The predicted molar refractivity (Wildman–Crippen MR) is 116 cm³/mol. The van der Waals surface area contributed by atoms with Crippen LogP contribution in [0, 0.1) is 11.8 Å². The summed E-state index contributed by atoms with van der Waals surface area (Å²) in [6.07, 6.45) is 8.68. The predicted octanol–water partition coefficient (Wildman–Crippen LogP) is 2.97. The van der Waals surface area contributed by atoms with Gasteiger partial charge in [-0.3, -0.25) is 14.3 Å². The number of amides is 2. The molecule has 0 atom stereocenters. The topological polar surface area (TPSA) is 67.2 Å². The van der Waals surface area contributed by atoms with Crippen molar-refractivity contribution in [3.8, 4) is 0 Å². The molecule has 1 saturated carbocycles. The third kappa shape index (κ3) is 5.49. The van der Waals surface area contributed by atoms with E-state index in [1.165, 1.54) is 24.0 Å². The van der Waals surface area contributed by atoms with Crippen LogP contribution in [0.3, 0.4) is 0 Å². The fourth-order valence-corrected chi connectivity index (χ4v) is 4.19. The van der Waals surface area contributed by atoms with E-state index < -0.39 is 0 Å². The maximum Gasteiger partial charge on any atom is 0.272 e. The lowest BCUT2D eigenvalue weighted by Crippen LogP contribution is -2.39. The van der Waals surface area contributed by atoms with Crippen LogP contribution in [0.15, 0.2) is 36.5 Å². The highest BCUT2D eigenvalue weighted by Gasteiger charge is 2.25. The molecule has 2 amide bonds. The average molecular weight is 409 g/mol. The summed E-state index contributed by atoms with van der Waals surface area (Å²) in [6.45, 7) is 2.47. The van der Waals surface area contributed by atoms with E-state index in [9.17, 15) is 9.59 Å². The molecule has 2 aliphatic rings. The van der Waals surface area contributed by atoms with Crippen LogP contribution in [0.5, 0.6) is 0 Å². The molecular formula is C24H32N4O2. The summed E-state index contributed by atoms with van der Waals surface area (Å²) in [6, 6.07) is 10.5. The van der Waals surface area contributed by atoms with Crippen LogP contribution >= 0.6 is 0 Å². The molecule has 0 unspecified atom stereocenters. The van der Waals surface area contributed by atoms with Gasteiger partial charge in [0.2, 0.25) is 5.91 Å². The van der Waals surface area contributed by atoms with Gasteiger partial charge in [-0.1, -0.05) is 24.3 Å². The van der Waals surface area contributed by atoms with Crippen molar-refractivity contribution in [2.24, 2.45) is 18.9 Å². The summed E-state index contributed by atoms with van der Waals surface area (Å²) in [7, 11) is 1.81. The van der Waals surface area contributed by atoms with Crippen LogP contribution in [-0.4, -0.2) is 46.1 Å². The van der Waals surface area contributed by atoms with Crippen LogP contribution in [-0.2, 0) is 24.7 Å². The van der Waals surface area contributed by atoms with Gasteiger partial charge in [-0.15, -0.1) is 0 Å². The van der Waals surface area contributed by atoms with Gasteiger partial charge in [-0.2, -0.15) is 5.10 Å². The minimum Gasteiger partial charge on any atom is -0.356 e. The molecule has 160 valence electrons. The van der Waals surface area contributed by atoms with Gasteiger partial charge in [0.05, 0.1) is 0 Å². The maximum atomic E-state index is 12.6. The Kier molecular flexibility index (Phi) is 6.50. The summed E-state index contributed by atoms with van der Waals surface area (Å²) in [5, 5.41) is 7.13. The maximum absolute atomic E-state index is 12.6. The molecule has 30 heavy (non-hydrogen) atoms. The number of rotatable bonds is 8. The summed E-state index contributed by atoms with van der Waals surface area (Å²) >= 11 is 0. The minimum absolute atomic E-state index is 0.0824. The zero-order chi connectivity index (χ0) is 20.9. The second kappa shape index (κ2) is 9.45. The Hall–Kier alpha value is -2.63. The van der Waals surface area contributed by atoms with Crippen molar-refractivity contribution in [1.29, 1.82) is 0 Å². The first kappa shape index (κ1) is 20.6. The Balaban J connectivity index is 1.19. The number of carbonyl (C=O) groups excluding carboxylic acids is 2. The number of nitrogens with one attached hydrogen (secondary N) is 1. The molecule has 1 aromatic carbocycles. The number of aryl methyl sites for hydroxylation is 2. The van der Waals surface area contributed by atoms with E-state index in [0.29, 0.717) is 18.0 Å². The van der Waals surface area contributed by atoms with Gasteiger partial charge in [0, 0.05) is 39.3 Å². The van der Waals surface area contributed by atoms with E-state index in [1.807, 2.05) is 11.9 Å². The number of aromatic nitrogens is 2. The monoisotopic (exact) mass is 408 g/mol. The fourth-order valence-electron chi connectivity index (χ4n) is 4.19. The zero-order valence-electron chi connectivity index (χ0n) is 17.8. The summed E-state index contributed by atoms with van der Waals surface area (Å²) in [4.78, 5) is 26.5. The van der Waals surface area contributed by atoms with Crippen LogP contribution in [0.1, 0.15) is 53.7 Å². The molecule has 2 aromatic rings. The number of likely N-dealkylation sites (tertiary alicyclic amines) is 1. The van der Waals surface area contributed by atoms with E-state index in [1.54, 1.807) is 16.9 Å². The normalized spacial score (nSPS) is 17.2. The smallest absolute Gasteiger partial charge is 0.272 e. The molecule has 0 spiro atoms. The van der Waals surface area contributed by atoms with Gasteiger partial charge < -0.3 is 10.2 Å². The van der Waals surface area contributed by atoms with Gasteiger partial charge in [0.15, 0.2) is 0 Å². The lowest BCUT2D eigenvalue weighted by molar-refractivity contribution is -0.121. The Morgan fingerprint density at radius 2 is 1.70 bits per heavy atom. The fraction of sp³-hybridized carbons (Fsp3) is 0.542. The van der Waals surface area contributed by atoms with E-state index in [-0.39, 0.29) is 11.8 Å². The number of piperidine rings is 1. The molecule has 0 radical (unpaired) electrons. The largest absolute Gasteiger partial charge is 0.356 e. The van der Waals surface area contributed by atoms with Crippen LogP contribution in [0.4, 0.5) is 0 Å². The second-order valence-corrected chi connectivity index (χ2v) is 8.84. The van der Waals surface area contributed by atoms with Crippen molar-refractivity contribution >= 4 is 11.8 Å². The van der Waals surface area contributed by atoms with Crippen molar-refractivity contribution in [3.05, 3.63) is 53.3 Å². The molecule has 4 rings (SSSR count). The number of carbonyl (C=O) groups is 2. The lowest BCUT2D eigenvalue weighted by Gasteiger charge is -2.32. The van der Waals surface area contributed by atoms with E-state index in [2.05, 4.69) is 34.7 Å².